The molecule has 4 aromatic rings. The van der Waals surface area contributed by atoms with Crippen molar-refractivity contribution in [2.24, 2.45) is 0 Å². The molecule has 1 aliphatic rings. The van der Waals surface area contributed by atoms with Crippen molar-refractivity contribution in [3.63, 3.8) is 0 Å². The molecule has 1 unspecified atom stereocenters. The van der Waals surface area contributed by atoms with Crippen LogP contribution in [0.5, 0.6) is 0 Å². The van der Waals surface area contributed by atoms with Gasteiger partial charge in [-0.1, -0.05) is 43.3 Å². The van der Waals surface area contributed by atoms with Crippen molar-refractivity contribution in [3.8, 4) is 0 Å². The van der Waals surface area contributed by atoms with Crippen LogP contribution in [0.25, 0.3) is 20.4 Å². The first-order valence-corrected chi connectivity index (χ1v) is 13.0. The number of hydrogen-bond donors (Lipinski definition) is 1. The molecule has 0 saturated heterocycles. The summed E-state index contributed by atoms with van der Waals surface area (Å²) in [6.45, 7) is 4.14. The minimum absolute atomic E-state index is 0.0326. The third-order valence-electron chi connectivity index (χ3n) is 5.96. The van der Waals surface area contributed by atoms with E-state index in [0.717, 1.165) is 51.4 Å². The van der Waals surface area contributed by atoms with Gasteiger partial charge in [0.15, 0.2) is 0 Å². The fraction of sp³-hybridized carbons (Fsp3) is 0.360. The van der Waals surface area contributed by atoms with Crippen molar-refractivity contribution in [2.75, 3.05) is 5.32 Å². The van der Waals surface area contributed by atoms with Crippen LogP contribution >= 0.6 is 23.1 Å². The van der Waals surface area contributed by atoms with Gasteiger partial charge in [-0.15, -0.1) is 11.3 Å². The number of nitrogens with one attached hydrogen (secondary N) is 1. The van der Waals surface area contributed by atoms with Gasteiger partial charge in [-0.25, -0.2) is 15.0 Å². The molecular weight excluding hydrogens is 436 g/mol. The van der Waals surface area contributed by atoms with Crippen LogP contribution < -0.4 is 5.32 Å². The van der Waals surface area contributed by atoms with Crippen LogP contribution in [0.1, 0.15) is 49.9 Å². The molecule has 5 nitrogen and oxygen atoms in total. The Labute approximate surface area is 196 Å². The molecular formula is C25H26N4OS2. The van der Waals surface area contributed by atoms with E-state index in [1.807, 2.05) is 37.3 Å². The predicted molar refractivity (Wildman–Crippen MR) is 134 cm³/mol. The molecule has 0 radical (unpaired) electrons. The van der Waals surface area contributed by atoms with Crippen LogP contribution in [-0.4, -0.2) is 26.1 Å². The van der Waals surface area contributed by atoms with E-state index in [4.69, 9.17) is 4.98 Å². The van der Waals surface area contributed by atoms with Gasteiger partial charge >= 0.3 is 0 Å². The number of rotatable bonds is 6. The zero-order chi connectivity index (χ0) is 22.1. The average molecular weight is 463 g/mol. The largest absolute Gasteiger partial charge is 0.325 e. The normalized spacial score (nSPS) is 14.4. The third kappa shape index (κ3) is 3.99. The summed E-state index contributed by atoms with van der Waals surface area (Å²) >= 11 is 3.16. The smallest absolute Gasteiger partial charge is 0.237 e. The highest BCUT2D eigenvalue weighted by Gasteiger charge is 2.24. The zero-order valence-corrected chi connectivity index (χ0v) is 20.0. The topological polar surface area (TPSA) is 67.8 Å². The molecule has 1 aromatic carbocycles. The Kier molecular flexibility index (Phi) is 6.11. The highest BCUT2D eigenvalue weighted by Crippen LogP contribution is 2.42. The van der Waals surface area contributed by atoms with Crippen LogP contribution in [-0.2, 0) is 24.1 Å². The van der Waals surface area contributed by atoms with Gasteiger partial charge in [0.2, 0.25) is 5.91 Å². The molecule has 1 amide bonds. The Morgan fingerprint density at radius 1 is 1.16 bits per heavy atom. The fourth-order valence-electron chi connectivity index (χ4n) is 4.43. The number of para-hydroxylation sites is 1. The van der Waals surface area contributed by atoms with Gasteiger partial charge < -0.3 is 5.32 Å². The summed E-state index contributed by atoms with van der Waals surface area (Å²) in [5.41, 5.74) is 5.96. The van der Waals surface area contributed by atoms with Crippen molar-refractivity contribution < 1.29 is 4.79 Å². The second-order valence-corrected chi connectivity index (χ2v) is 10.6. The van der Waals surface area contributed by atoms with Gasteiger partial charge in [-0.2, -0.15) is 0 Å². The molecule has 1 atom stereocenters. The Bertz CT molecular complexity index is 1290. The number of hydrogen-bond acceptors (Lipinski definition) is 6. The molecule has 5 rings (SSSR count). The number of anilines is 1. The van der Waals surface area contributed by atoms with Crippen molar-refractivity contribution in [1.29, 1.82) is 0 Å². The Balaban J connectivity index is 1.52. The number of nitrogens with zero attached hydrogens (tertiary/aromatic N) is 3. The maximum absolute atomic E-state index is 12.7. The summed E-state index contributed by atoms with van der Waals surface area (Å²) in [5, 5.41) is 4.78. The van der Waals surface area contributed by atoms with E-state index in [0.29, 0.717) is 0 Å². The number of benzene rings is 1. The predicted octanol–water partition coefficient (Wildman–Crippen LogP) is 6.19. The molecule has 1 N–H and O–H groups in total. The summed E-state index contributed by atoms with van der Waals surface area (Å²) in [5.74, 6) is -0.0326. The number of thioether (sulfide) groups is 1. The summed E-state index contributed by atoms with van der Waals surface area (Å²) < 4.78 is 1.04. The van der Waals surface area contributed by atoms with E-state index in [1.54, 1.807) is 17.7 Å². The van der Waals surface area contributed by atoms with Gasteiger partial charge in [-0.3, -0.25) is 4.79 Å². The second-order valence-electron chi connectivity index (χ2n) is 8.23. The molecule has 0 spiro atoms. The van der Waals surface area contributed by atoms with Gasteiger partial charge in [-0.05, 0) is 62.3 Å². The van der Waals surface area contributed by atoms with Gasteiger partial charge in [0, 0.05) is 16.8 Å². The first-order valence-electron chi connectivity index (χ1n) is 11.3. The number of pyridine rings is 1. The van der Waals surface area contributed by atoms with E-state index in [2.05, 4.69) is 22.2 Å². The Morgan fingerprint density at radius 2 is 1.94 bits per heavy atom. The first-order chi connectivity index (χ1) is 15.7. The number of fused-ring (bicyclic) bond motifs is 5. The lowest BCUT2D eigenvalue weighted by molar-refractivity contribution is -0.115. The van der Waals surface area contributed by atoms with E-state index in [-0.39, 0.29) is 11.2 Å². The van der Waals surface area contributed by atoms with Crippen LogP contribution in [0.3, 0.4) is 0 Å². The van der Waals surface area contributed by atoms with E-state index in [9.17, 15) is 4.79 Å². The van der Waals surface area contributed by atoms with Crippen molar-refractivity contribution >= 4 is 55.1 Å². The third-order valence-corrected chi connectivity index (χ3v) is 8.27. The molecule has 164 valence electrons. The van der Waals surface area contributed by atoms with E-state index in [1.165, 1.54) is 46.8 Å². The molecule has 0 bridgehead atoms. The van der Waals surface area contributed by atoms with Gasteiger partial charge in [0.05, 0.1) is 15.5 Å². The first kappa shape index (κ1) is 21.3. The van der Waals surface area contributed by atoms with Crippen molar-refractivity contribution in [3.05, 3.63) is 53.5 Å². The maximum Gasteiger partial charge on any atom is 0.237 e. The Hall–Kier alpha value is -2.51. The average Bonchev–Trinajstić information content (AvgIpc) is 3.19. The fourth-order valence-corrected chi connectivity index (χ4v) is 6.58. The number of aromatic nitrogens is 3. The molecule has 32 heavy (non-hydrogen) atoms. The number of thiophene rings is 1. The maximum atomic E-state index is 12.7. The van der Waals surface area contributed by atoms with Crippen molar-refractivity contribution in [1.82, 2.24) is 15.0 Å². The minimum atomic E-state index is -0.281. The molecule has 0 fully saturated rings. The molecule has 0 saturated carbocycles. The number of amides is 1. The summed E-state index contributed by atoms with van der Waals surface area (Å²) in [4.78, 5) is 28.1. The molecule has 3 heterocycles. The van der Waals surface area contributed by atoms with Crippen LogP contribution in [0, 0.1) is 0 Å². The second kappa shape index (κ2) is 9.16. The van der Waals surface area contributed by atoms with Gasteiger partial charge in [0.1, 0.15) is 16.2 Å². The summed E-state index contributed by atoms with van der Waals surface area (Å²) in [6, 6.07) is 9.56. The SMILES string of the molecule is CCCc1nc2sc3c(SC(C)C(=O)Nc4ccccc4)ncnc3c2c2c1CCCC2. The lowest BCUT2D eigenvalue weighted by Gasteiger charge is -2.19. The monoisotopic (exact) mass is 462 g/mol. The van der Waals surface area contributed by atoms with Crippen LogP contribution in [0.4, 0.5) is 5.69 Å². The highest BCUT2D eigenvalue weighted by atomic mass is 32.2. The molecule has 0 aliphatic heterocycles. The highest BCUT2D eigenvalue weighted by molar-refractivity contribution is 8.00. The number of aryl methyl sites for hydroxylation is 2. The zero-order valence-electron chi connectivity index (χ0n) is 18.4. The van der Waals surface area contributed by atoms with Crippen LogP contribution in [0.15, 0.2) is 41.7 Å². The van der Waals surface area contributed by atoms with E-state index < -0.39 is 0 Å². The molecule has 1 aliphatic carbocycles. The van der Waals surface area contributed by atoms with E-state index >= 15 is 0 Å². The Morgan fingerprint density at radius 3 is 2.72 bits per heavy atom. The number of carbonyl (C=O) groups excluding carboxylic acids is 1. The number of carbonyl (C=O) groups is 1. The van der Waals surface area contributed by atoms with Crippen molar-refractivity contribution in [2.45, 2.75) is 62.6 Å². The van der Waals surface area contributed by atoms with Crippen LogP contribution in [0.2, 0.25) is 0 Å². The van der Waals surface area contributed by atoms with Gasteiger partial charge in [0.25, 0.3) is 0 Å². The standard InChI is InChI=1S/C25H26N4OS2/c1-3-9-19-17-12-7-8-13-18(17)20-21-22(32-24(20)29-19)25(27-14-26-21)31-15(2)23(30)28-16-10-5-4-6-11-16/h4-6,10-11,14-15H,3,7-9,12-13H2,1-2H3,(H,28,30). The molecule has 7 heteroatoms. The lowest BCUT2D eigenvalue weighted by Crippen LogP contribution is -2.22. The summed E-state index contributed by atoms with van der Waals surface area (Å²) in [6.07, 6.45) is 8.43. The minimum Gasteiger partial charge on any atom is -0.325 e. The quantitative estimate of drug-likeness (QED) is 0.273. The summed E-state index contributed by atoms with van der Waals surface area (Å²) in [7, 11) is 0. The lowest BCUT2D eigenvalue weighted by atomic mass is 9.88. The molecule has 3 aromatic heterocycles.